The van der Waals surface area contributed by atoms with Crippen molar-refractivity contribution in [2.75, 3.05) is 13.2 Å². The Morgan fingerprint density at radius 2 is 2.05 bits per heavy atom. The predicted octanol–water partition coefficient (Wildman–Crippen LogP) is 2.94. The van der Waals surface area contributed by atoms with Crippen LogP contribution >= 0.6 is 0 Å². The summed E-state index contributed by atoms with van der Waals surface area (Å²) in [6.07, 6.45) is 1.89. The van der Waals surface area contributed by atoms with Crippen molar-refractivity contribution in [1.82, 2.24) is 14.9 Å². The van der Waals surface area contributed by atoms with E-state index in [1.807, 2.05) is 6.07 Å². The number of rotatable bonds is 8. The highest BCUT2D eigenvalue weighted by molar-refractivity contribution is 5.75. The van der Waals surface area contributed by atoms with Gasteiger partial charge in [0.15, 0.2) is 0 Å². The zero-order valence-electron chi connectivity index (χ0n) is 13.4. The number of nitrogens with one attached hydrogen (secondary N) is 1. The Morgan fingerprint density at radius 3 is 2.76 bits per heavy atom. The smallest absolute Gasteiger partial charge is 0.123 e. The number of benzene rings is 1. The molecule has 21 heavy (non-hydrogen) atoms. The first-order valence-corrected chi connectivity index (χ1v) is 7.83. The Kier molecular flexibility index (Phi) is 5.37. The average molecular weight is 289 g/mol. The molecule has 116 valence electrons. The van der Waals surface area contributed by atoms with Crippen LogP contribution in [0.15, 0.2) is 24.3 Å². The van der Waals surface area contributed by atoms with Gasteiger partial charge in [0.2, 0.25) is 0 Å². The summed E-state index contributed by atoms with van der Waals surface area (Å²) in [4.78, 5) is 4.73. The lowest BCUT2D eigenvalue weighted by Crippen LogP contribution is -2.30. The van der Waals surface area contributed by atoms with Gasteiger partial charge >= 0.3 is 0 Å². The first-order valence-electron chi connectivity index (χ1n) is 7.83. The second-order valence-electron chi connectivity index (χ2n) is 6.36. The molecular formula is C17H27N3O. The molecule has 0 unspecified atom stereocenters. The van der Waals surface area contributed by atoms with Crippen molar-refractivity contribution in [3.8, 4) is 0 Å². The molecule has 2 N–H and O–H groups in total. The molecule has 0 spiro atoms. The summed E-state index contributed by atoms with van der Waals surface area (Å²) in [5.41, 5.74) is 2.47. The van der Waals surface area contributed by atoms with Gasteiger partial charge in [-0.25, -0.2) is 4.98 Å². The van der Waals surface area contributed by atoms with Crippen LogP contribution in [0.1, 0.15) is 39.4 Å². The second kappa shape index (κ2) is 7.05. The SMILES string of the molecule is CCn1c(CNCC(C)(C)CCCO)nc2ccccc21. The summed E-state index contributed by atoms with van der Waals surface area (Å²) in [6.45, 7) is 9.55. The van der Waals surface area contributed by atoms with Gasteiger partial charge < -0.3 is 15.0 Å². The van der Waals surface area contributed by atoms with E-state index in [1.165, 1.54) is 5.52 Å². The van der Waals surface area contributed by atoms with Gasteiger partial charge in [0.1, 0.15) is 5.82 Å². The van der Waals surface area contributed by atoms with Crippen molar-refractivity contribution >= 4 is 11.0 Å². The topological polar surface area (TPSA) is 50.1 Å². The third-order valence-corrected chi connectivity index (χ3v) is 3.95. The summed E-state index contributed by atoms with van der Waals surface area (Å²) < 4.78 is 2.27. The van der Waals surface area contributed by atoms with Crippen molar-refractivity contribution in [3.05, 3.63) is 30.1 Å². The molecule has 4 nitrogen and oxygen atoms in total. The van der Waals surface area contributed by atoms with E-state index in [4.69, 9.17) is 10.1 Å². The number of para-hydroxylation sites is 2. The van der Waals surface area contributed by atoms with Crippen molar-refractivity contribution in [2.45, 2.75) is 46.7 Å². The maximum atomic E-state index is 8.95. The van der Waals surface area contributed by atoms with Crippen LogP contribution in [-0.2, 0) is 13.1 Å². The third kappa shape index (κ3) is 4.05. The molecule has 1 heterocycles. The number of aliphatic hydroxyl groups excluding tert-OH is 1. The standard InChI is InChI=1S/C17H27N3O/c1-4-20-15-9-6-5-8-14(15)19-16(20)12-18-13-17(2,3)10-7-11-21/h5-6,8-9,18,21H,4,7,10-13H2,1-3H3. The Bertz CT molecular complexity index is 574. The maximum absolute atomic E-state index is 8.95. The third-order valence-electron chi connectivity index (χ3n) is 3.95. The van der Waals surface area contributed by atoms with Gasteiger partial charge in [-0.15, -0.1) is 0 Å². The molecule has 0 amide bonds. The molecule has 0 aliphatic heterocycles. The van der Waals surface area contributed by atoms with Crippen molar-refractivity contribution in [1.29, 1.82) is 0 Å². The average Bonchev–Trinajstić information content (AvgIpc) is 2.82. The van der Waals surface area contributed by atoms with E-state index in [2.05, 4.69) is 48.9 Å². The lowest BCUT2D eigenvalue weighted by atomic mass is 9.88. The molecule has 0 aliphatic rings. The lowest BCUT2D eigenvalue weighted by Gasteiger charge is -2.24. The molecular weight excluding hydrogens is 262 g/mol. The first kappa shape index (κ1) is 16.0. The van der Waals surface area contributed by atoms with Crippen LogP contribution in [0.25, 0.3) is 11.0 Å². The van der Waals surface area contributed by atoms with E-state index in [0.29, 0.717) is 0 Å². The number of aromatic nitrogens is 2. The van der Waals surface area contributed by atoms with Gasteiger partial charge in [0, 0.05) is 19.7 Å². The monoisotopic (exact) mass is 289 g/mol. The summed E-state index contributed by atoms with van der Waals surface area (Å²) in [5, 5.41) is 12.5. The fraction of sp³-hybridized carbons (Fsp3) is 0.588. The van der Waals surface area contributed by atoms with Gasteiger partial charge in [0.25, 0.3) is 0 Å². The molecule has 0 saturated carbocycles. The zero-order chi connectivity index (χ0) is 15.3. The number of aliphatic hydroxyl groups is 1. The van der Waals surface area contributed by atoms with Crippen LogP contribution in [0, 0.1) is 5.41 Å². The van der Waals surface area contributed by atoms with E-state index in [-0.39, 0.29) is 12.0 Å². The summed E-state index contributed by atoms with van der Waals surface area (Å²) in [5.74, 6) is 1.09. The lowest BCUT2D eigenvalue weighted by molar-refractivity contribution is 0.236. The second-order valence-corrected chi connectivity index (χ2v) is 6.36. The van der Waals surface area contributed by atoms with Crippen LogP contribution in [0.3, 0.4) is 0 Å². The maximum Gasteiger partial charge on any atom is 0.123 e. The number of hydrogen-bond donors (Lipinski definition) is 2. The highest BCUT2D eigenvalue weighted by Crippen LogP contribution is 2.21. The van der Waals surface area contributed by atoms with Crippen LogP contribution in [0.2, 0.25) is 0 Å². The molecule has 0 saturated heterocycles. The number of hydrogen-bond acceptors (Lipinski definition) is 3. The summed E-state index contributed by atoms with van der Waals surface area (Å²) >= 11 is 0. The quantitative estimate of drug-likeness (QED) is 0.785. The molecule has 0 fully saturated rings. The van der Waals surface area contributed by atoms with Crippen molar-refractivity contribution < 1.29 is 5.11 Å². The molecule has 0 aliphatic carbocycles. The van der Waals surface area contributed by atoms with Gasteiger partial charge in [-0.1, -0.05) is 26.0 Å². The minimum Gasteiger partial charge on any atom is -0.396 e. The van der Waals surface area contributed by atoms with Crippen molar-refractivity contribution in [2.24, 2.45) is 5.41 Å². The molecule has 0 bridgehead atoms. The summed E-state index contributed by atoms with van der Waals surface area (Å²) in [7, 11) is 0. The minimum absolute atomic E-state index is 0.200. The highest BCUT2D eigenvalue weighted by Gasteiger charge is 2.17. The zero-order valence-corrected chi connectivity index (χ0v) is 13.4. The van der Waals surface area contributed by atoms with Crippen LogP contribution in [0.5, 0.6) is 0 Å². The minimum atomic E-state index is 0.200. The number of imidazole rings is 1. The first-order chi connectivity index (χ1) is 10.1. The normalized spacial score (nSPS) is 12.2. The molecule has 0 radical (unpaired) electrons. The van der Waals surface area contributed by atoms with Gasteiger partial charge in [-0.3, -0.25) is 0 Å². The van der Waals surface area contributed by atoms with Crippen LogP contribution in [0.4, 0.5) is 0 Å². The van der Waals surface area contributed by atoms with Crippen molar-refractivity contribution in [3.63, 3.8) is 0 Å². The molecule has 4 heteroatoms. The van der Waals surface area contributed by atoms with Crippen LogP contribution < -0.4 is 5.32 Å². The van der Waals surface area contributed by atoms with E-state index in [9.17, 15) is 0 Å². The fourth-order valence-corrected chi connectivity index (χ4v) is 2.77. The summed E-state index contributed by atoms with van der Waals surface area (Å²) in [6, 6.07) is 8.28. The predicted molar refractivity (Wildman–Crippen MR) is 87.2 cm³/mol. The van der Waals surface area contributed by atoms with Gasteiger partial charge in [0.05, 0.1) is 17.6 Å². The van der Waals surface area contributed by atoms with E-state index in [0.717, 1.165) is 43.8 Å². The Balaban J connectivity index is 2.00. The number of aryl methyl sites for hydroxylation is 1. The van der Waals surface area contributed by atoms with Gasteiger partial charge in [-0.2, -0.15) is 0 Å². The fourth-order valence-electron chi connectivity index (χ4n) is 2.77. The molecule has 0 atom stereocenters. The largest absolute Gasteiger partial charge is 0.396 e. The van der Waals surface area contributed by atoms with E-state index >= 15 is 0 Å². The van der Waals surface area contributed by atoms with Crippen LogP contribution in [-0.4, -0.2) is 27.8 Å². The van der Waals surface area contributed by atoms with Gasteiger partial charge in [-0.05, 0) is 37.3 Å². The number of nitrogens with zero attached hydrogens (tertiary/aromatic N) is 2. The Labute approximate surface area is 127 Å². The molecule has 1 aromatic heterocycles. The number of fused-ring (bicyclic) bond motifs is 1. The Morgan fingerprint density at radius 1 is 1.29 bits per heavy atom. The Hall–Kier alpha value is -1.39. The van der Waals surface area contributed by atoms with E-state index in [1.54, 1.807) is 0 Å². The molecule has 2 rings (SSSR count). The molecule has 1 aromatic carbocycles. The van der Waals surface area contributed by atoms with E-state index < -0.39 is 0 Å². The molecule has 2 aromatic rings. The highest BCUT2D eigenvalue weighted by atomic mass is 16.2.